The van der Waals surface area contributed by atoms with Crippen LogP contribution in [0.4, 0.5) is 11.4 Å². The Morgan fingerprint density at radius 2 is 1.42 bits per heavy atom. The lowest BCUT2D eigenvalue weighted by Crippen LogP contribution is -2.15. The van der Waals surface area contributed by atoms with Crippen LogP contribution in [0.5, 0.6) is 0 Å². The summed E-state index contributed by atoms with van der Waals surface area (Å²) >= 11 is 0. The first-order chi connectivity index (χ1) is 12.6. The van der Waals surface area contributed by atoms with Crippen LogP contribution in [-0.2, 0) is 5.41 Å². The fourth-order valence-electron chi connectivity index (χ4n) is 4.38. The molecule has 4 aromatic rings. The quantitative estimate of drug-likeness (QED) is 0.420. The van der Waals surface area contributed by atoms with Crippen LogP contribution < -0.4 is 5.32 Å². The Morgan fingerprint density at radius 3 is 2.27 bits per heavy atom. The lowest BCUT2D eigenvalue weighted by atomic mass is 9.80. The molecule has 0 aliphatic heterocycles. The Kier molecular flexibility index (Phi) is 3.20. The monoisotopic (exact) mass is 335 g/mol. The molecule has 1 nitrogen and oxygen atoms in total. The largest absolute Gasteiger partial charge is 0.356 e. The van der Waals surface area contributed by atoms with E-state index in [-0.39, 0.29) is 5.41 Å². The van der Waals surface area contributed by atoms with Gasteiger partial charge in [-0.15, -0.1) is 0 Å². The summed E-state index contributed by atoms with van der Waals surface area (Å²) in [6.07, 6.45) is 0. The van der Waals surface area contributed by atoms with Crippen molar-refractivity contribution in [1.29, 1.82) is 0 Å². The predicted octanol–water partition coefficient (Wildman–Crippen LogP) is 6.89. The van der Waals surface area contributed by atoms with Crippen LogP contribution in [-0.4, -0.2) is 0 Å². The van der Waals surface area contributed by atoms with E-state index in [0.29, 0.717) is 0 Å². The zero-order chi connectivity index (χ0) is 17.7. The van der Waals surface area contributed by atoms with Crippen LogP contribution in [0.1, 0.15) is 25.0 Å². The van der Waals surface area contributed by atoms with Gasteiger partial charge in [0, 0.05) is 16.8 Å². The molecule has 0 saturated carbocycles. The average molecular weight is 335 g/mol. The van der Waals surface area contributed by atoms with Crippen LogP contribution in [0.15, 0.2) is 84.9 Å². The Labute approximate surface area is 154 Å². The molecule has 5 rings (SSSR count). The highest BCUT2D eigenvalue weighted by atomic mass is 14.9. The highest BCUT2D eigenvalue weighted by Crippen LogP contribution is 2.51. The van der Waals surface area contributed by atoms with Gasteiger partial charge in [-0.25, -0.2) is 0 Å². The van der Waals surface area contributed by atoms with E-state index < -0.39 is 0 Å². The molecule has 0 heterocycles. The zero-order valence-corrected chi connectivity index (χ0v) is 15.1. The molecule has 1 aliphatic rings. The van der Waals surface area contributed by atoms with E-state index in [0.717, 1.165) is 11.4 Å². The molecule has 0 spiro atoms. The lowest BCUT2D eigenvalue weighted by molar-refractivity contribution is 0.666. The molecule has 1 aliphatic carbocycles. The highest BCUT2D eigenvalue weighted by Gasteiger charge is 2.36. The summed E-state index contributed by atoms with van der Waals surface area (Å²) in [7, 11) is 0. The molecule has 126 valence electrons. The van der Waals surface area contributed by atoms with Crippen molar-refractivity contribution in [3.8, 4) is 11.1 Å². The van der Waals surface area contributed by atoms with E-state index in [1.807, 2.05) is 6.07 Å². The smallest absolute Gasteiger partial charge is 0.0390 e. The molecule has 0 fully saturated rings. The molecule has 0 saturated heterocycles. The number of para-hydroxylation sites is 1. The van der Waals surface area contributed by atoms with E-state index in [1.165, 1.54) is 33.0 Å². The third-order valence-corrected chi connectivity index (χ3v) is 5.60. The number of hydrogen-bond acceptors (Lipinski definition) is 1. The Hall–Kier alpha value is -3.06. The summed E-state index contributed by atoms with van der Waals surface area (Å²) in [6.45, 7) is 4.68. The molecule has 1 heteroatoms. The predicted molar refractivity (Wildman–Crippen MR) is 111 cm³/mol. The number of rotatable bonds is 2. The third-order valence-electron chi connectivity index (χ3n) is 5.60. The molecule has 0 amide bonds. The van der Waals surface area contributed by atoms with Gasteiger partial charge < -0.3 is 5.32 Å². The SMILES string of the molecule is CC1(C)c2ccc(Nc3ccccc3)cc2-c2ccc3ccccc3c21. The molecule has 0 bridgehead atoms. The second-order valence-corrected chi connectivity index (χ2v) is 7.59. The second kappa shape index (κ2) is 5.47. The summed E-state index contributed by atoms with van der Waals surface area (Å²) in [5.41, 5.74) is 7.81. The molecule has 0 atom stereocenters. The summed E-state index contributed by atoms with van der Waals surface area (Å²) in [5.74, 6) is 0. The maximum atomic E-state index is 3.53. The fourth-order valence-corrected chi connectivity index (χ4v) is 4.38. The standard InChI is InChI=1S/C25H21N/c1-25(2)23-15-13-19(26-18-9-4-3-5-10-18)16-22(23)21-14-12-17-8-6-7-11-20(17)24(21)25/h3-16,26H,1-2H3. The van der Waals surface area contributed by atoms with Crippen LogP contribution in [0.2, 0.25) is 0 Å². The molecule has 0 radical (unpaired) electrons. The summed E-state index contributed by atoms with van der Waals surface area (Å²) in [5, 5.41) is 6.21. The van der Waals surface area contributed by atoms with Crippen molar-refractivity contribution in [2.45, 2.75) is 19.3 Å². The van der Waals surface area contributed by atoms with Crippen molar-refractivity contribution in [2.75, 3.05) is 5.32 Å². The van der Waals surface area contributed by atoms with Crippen molar-refractivity contribution in [3.05, 3.63) is 96.1 Å². The highest BCUT2D eigenvalue weighted by molar-refractivity contribution is 5.98. The summed E-state index contributed by atoms with van der Waals surface area (Å²) < 4.78 is 0. The number of benzene rings is 4. The fraction of sp³-hybridized carbons (Fsp3) is 0.120. The van der Waals surface area contributed by atoms with Crippen LogP contribution in [0, 0.1) is 0 Å². The number of hydrogen-bond donors (Lipinski definition) is 1. The van der Waals surface area contributed by atoms with Gasteiger partial charge in [0.05, 0.1) is 0 Å². The molecule has 4 aromatic carbocycles. The second-order valence-electron chi connectivity index (χ2n) is 7.59. The van der Waals surface area contributed by atoms with E-state index >= 15 is 0 Å². The van der Waals surface area contributed by atoms with Crippen molar-refractivity contribution < 1.29 is 0 Å². The topological polar surface area (TPSA) is 12.0 Å². The van der Waals surface area contributed by atoms with Gasteiger partial charge in [0.25, 0.3) is 0 Å². The Bertz CT molecular complexity index is 1120. The van der Waals surface area contributed by atoms with Gasteiger partial charge in [0.1, 0.15) is 0 Å². The Morgan fingerprint density at radius 1 is 0.654 bits per heavy atom. The maximum Gasteiger partial charge on any atom is 0.0390 e. The van der Waals surface area contributed by atoms with Gasteiger partial charge in [-0.1, -0.05) is 74.5 Å². The van der Waals surface area contributed by atoms with Crippen LogP contribution >= 0.6 is 0 Å². The van der Waals surface area contributed by atoms with Gasteiger partial charge in [0.2, 0.25) is 0 Å². The lowest BCUT2D eigenvalue weighted by Gasteiger charge is -2.23. The van der Waals surface area contributed by atoms with Gasteiger partial charge in [-0.2, -0.15) is 0 Å². The first-order valence-corrected chi connectivity index (χ1v) is 9.14. The summed E-state index contributed by atoms with van der Waals surface area (Å²) in [6, 6.07) is 30.4. The van der Waals surface area contributed by atoms with Gasteiger partial charge in [-0.3, -0.25) is 0 Å². The molecule has 1 N–H and O–H groups in total. The van der Waals surface area contributed by atoms with Crippen molar-refractivity contribution >= 4 is 22.1 Å². The number of nitrogens with one attached hydrogen (secondary N) is 1. The van der Waals surface area contributed by atoms with Gasteiger partial charge in [-0.05, 0) is 57.3 Å². The zero-order valence-electron chi connectivity index (χ0n) is 15.1. The minimum absolute atomic E-state index is 0.0107. The van der Waals surface area contributed by atoms with Crippen LogP contribution in [0.3, 0.4) is 0 Å². The number of anilines is 2. The molecular formula is C25H21N. The molecule has 0 unspecified atom stereocenters. The van der Waals surface area contributed by atoms with E-state index in [2.05, 4.69) is 98.0 Å². The van der Waals surface area contributed by atoms with Crippen molar-refractivity contribution in [3.63, 3.8) is 0 Å². The molecular weight excluding hydrogens is 314 g/mol. The average Bonchev–Trinajstić information content (AvgIpc) is 2.90. The minimum Gasteiger partial charge on any atom is -0.356 e. The van der Waals surface area contributed by atoms with E-state index in [4.69, 9.17) is 0 Å². The minimum atomic E-state index is 0.0107. The normalized spacial score (nSPS) is 14.1. The van der Waals surface area contributed by atoms with Crippen molar-refractivity contribution in [2.24, 2.45) is 0 Å². The van der Waals surface area contributed by atoms with E-state index in [1.54, 1.807) is 0 Å². The van der Waals surface area contributed by atoms with Gasteiger partial charge in [0.15, 0.2) is 0 Å². The maximum absolute atomic E-state index is 3.53. The third kappa shape index (κ3) is 2.17. The molecule has 0 aromatic heterocycles. The molecule has 26 heavy (non-hydrogen) atoms. The number of fused-ring (bicyclic) bond motifs is 5. The van der Waals surface area contributed by atoms with Crippen molar-refractivity contribution in [1.82, 2.24) is 0 Å². The van der Waals surface area contributed by atoms with Gasteiger partial charge >= 0.3 is 0 Å². The summed E-state index contributed by atoms with van der Waals surface area (Å²) in [4.78, 5) is 0. The Balaban J connectivity index is 1.69. The first kappa shape index (κ1) is 15.2. The van der Waals surface area contributed by atoms with Crippen LogP contribution in [0.25, 0.3) is 21.9 Å². The van der Waals surface area contributed by atoms with E-state index in [9.17, 15) is 0 Å². The first-order valence-electron chi connectivity index (χ1n) is 9.14.